The number of rotatable bonds is 6. The Morgan fingerprint density at radius 3 is 2.45 bits per heavy atom. The summed E-state index contributed by atoms with van der Waals surface area (Å²) in [5.74, 6) is 1.17. The van der Waals surface area contributed by atoms with E-state index >= 15 is 0 Å². The monoisotopic (exact) mass is 275 g/mol. The van der Waals surface area contributed by atoms with E-state index in [1.54, 1.807) is 19.2 Å². The lowest BCUT2D eigenvalue weighted by molar-refractivity contribution is 0.379. The molecule has 0 unspecified atom stereocenters. The second-order valence-corrected chi connectivity index (χ2v) is 4.06. The minimum Gasteiger partial charge on any atom is -0.508 e. The van der Waals surface area contributed by atoms with Gasteiger partial charge in [0.1, 0.15) is 5.75 Å². The lowest BCUT2D eigenvalue weighted by atomic mass is 10.1. The number of methoxy groups -OCH3 is 1. The highest BCUT2D eigenvalue weighted by molar-refractivity contribution is 5.35. The van der Waals surface area contributed by atoms with Gasteiger partial charge in [0.2, 0.25) is 11.9 Å². The number of phenolic OH excluding ortho intramolecular Hbond substituents is 1. The van der Waals surface area contributed by atoms with Crippen molar-refractivity contribution in [1.82, 2.24) is 15.0 Å². The van der Waals surface area contributed by atoms with Gasteiger partial charge in [-0.3, -0.25) is 0 Å². The molecule has 0 aliphatic heterocycles. The number of benzene rings is 1. The van der Waals surface area contributed by atoms with Gasteiger partial charge < -0.3 is 20.5 Å². The molecule has 7 nitrogen and oxygen atoms in total. The molecule has 0 fully saturated rings. The molecule has 0 saturated heterocycles. The smallest absolute Gasteiger partial charge is 0.322 e. The molecule has 7 heteroatoms. The third-order valence-corrected chi connectivity index (χ3v) is 2.65. The summed E-state index contributed by atoms with van der Waals surface area (Å²) in [4.78, 5) is 12.3. The first kappa shape index (κ1) is 13.9. The summed E-state index contributed by atoms with van der Waals surface area (Å²) in [5.41, 5.74) is 1.12. The molecule has 0 bridgehead atoms. The minimum atomic E-state index is 0.261. The van der Waals surface area contributed by atoms with E-state index < -0.39 is 0 Å². The molecule has 0 amide bonds. The van der Waals surface area contributed by atoms with Gasteiger partial charge in [-0.25, -0.2) is 0 Å². The fraction of sp³-hybridized carbons (Fsp3) is 0.308. The average molecular weight is 275 g/mol. The van der Waals surface area contributed by atoms with Gasteiger partial charge in [0.05, 0.1) is 7.11 Å². The van der Waals surface area contributed by atoms with Gasteiger partial charge in [-0.1, -0.05) is 12.1 Å². The zero-order valence-electron chi connectivity index (χ0n) is 11.4. The predicted molar refractivity (Wildman–Crippen MR) is 76.2 cm³/mol. The first-order valence-corrected chi connectivity index (χ1v) is 6.21. The Hall–Kier alpha value is -2.57. The fourth-order valence-corrected chi connectivity index (χ4v) is 1.62. The van der Waals surface area contributed by atoms with Gasteiger partial charge >= 0.3 is 6.01 Å². The average Bonchev–Trinajstić information content (AvgIpc) is 2.49. The molecule has 0 spiro atoms. The number of aromatic hydroxyl groups is 1. The molecule has 0 radical (unpaired) electrons. The van der Waals surface area contributed by atoms with E-state index in [4.69, 9.17) is 4.74 Å². The van der Waals surface area contributed by atoms with Crippen LogP contribution in [0, 0.1) is 0 Å². The van der Waals surface area contributed by atoms with Gasteiger partial charge in [-0.05, 0) is 24.1 Å². The highest BCUT2D eigenvalue weighted by atomic mass is 16.5. The van der Waals surface area contributed by atoms with E-state index in [-0.39, 0.29) is 11.8 Å². The van der Waals surface area contributed by atoms with Crippen molar-refractivity contribution < 1.29 is 9.84 Å². The Morgan fingerprint density at radius 1 is 1.10 bits per heavy atom. The minimum absolute atomic E-state index is 0.261. The van der Waals surface area contributed by atoms with Gasteiger partial charge in [0, 0.05) is 13.6 Å². The van der Waals surface area contributed by atoms with Gasteiger partial charge in [-0.2, -0.15) is 15.0 Å². The van der Waals surface area contributed by atoms with Gasteiger partial charge in [0.25, 0.3) is 0 Å². The van der Waals surface area contributed by atoms with Crippen LogP contribution in [0.1, 0.15) is 5.56 Å². The van der Waals surface area contributed by atoms with Crippen molar-refractivity contribution in [2.45, 2.75) is 6.42 Å². The number of nitrogens with one attached hydrogen (secondary N) is 2. The summed E-state index contributed by atoms with van der Waals surface area (Å²) in [6.07, 6.45) is 0.795. The Kier molecular flexibility index (Phi) is 4.54. The number of nitrogens with zero attached hydrogens (tertiary/aromatic N) is 3. The molecule has 0 saturated carbocycles. The summed E-state index contributed by atoms with van der Waals surface area (Å²) in [6, 6.07) is 7.35. The quantitative estimate of drug-likeness (QED) is 0.731. The summed E-state index contributed by atoms with van der Waals surface area (Å²) in [5, 5.41) is 15.2. The molecule has 0 atom stereocenters. The first-order valence-electron chi connectivity index (χ1n) is 6.21. The summed E-state index contributed by atoms with van der Waals surface area (Å²) in [7, 11) is 3.24. The van der Waals surface area contributed by atoms with E-state index in [1.807, 2.05) is 12.1 Å². The number of aromatic nitrogens is 3. The van der Waals surface area contributed by atoms with Crippen LogP contribution in [0.5, 0.6) is 11.8 Å². The van der Waals surface area contributed by atoms with Crippen LogP contribution in [-0.2, 0) is 6.42 Å². The largest absolute Gasteiger partial charge is 0.508 e. The Bertz CT molecular complexity index is 537. The molecule has 2 aromatic rings. The molecule has 0 aliphatic rings. The molecule has 2 rings (SSSR count). The van der Waals surface area contributed by atoms with Crippen molar-refractivity contribution in [1.29, 1.82) is 0 Å². The first-order chi connectivity index (χ1) is 9.71. The maximum atomic E-state index is 9.21. The summed E-state index contributed by atoms with van der Waals surface area (Å²) in [6.45, 7) is 0.668. The molecule has 1 aromatic carbocycles. The maximum absolute atomic E-state index is 9.21. The molecule has 20 heavy (non-hydrogen) atoms. The summed E-state index contributed by atoms with van der Waals surface area (Å²) >= 11 is 0. The number of hydrogen-bond donors (Lipinski definition) is 3. The van der Waals surface area contributed by atoms with Crippen molar-refractivity contribution in [3.05, 3.63) is 29.8 Å². The number of hydrogen-bond acceptors (Lipinski definition) is 7. The molecule has 106 valence electrons. The lowest BCUT2D eigenvalue weighted by Crippen LogP contribution is -2.11. The van der Waals surface area contributed by atoms with Crippen LogP contribution < -0.4 is 15.4 Å². The Balaban J connectivity index is 1.94. The zero-order valence-corrected chi connectivity index (χ0v) is 11.4. The van der Waals surface area contributed by atoms with Crippen molar-refractivity contribution in [3.8, 4) is 11.8 Å². The second kappa shape index (κ2) is 6.55. The topological polar surface area (TPSA) is 92.2 Å². The SMILES string of the molecule is CNc1nc(NCCc2ccc(O)cc2)nc(OC)n1. The van der Waals surface area contributed by atoms with Gasteiger partial charge in [-0.15, -0.1) is 0 Å². The fourth-order valence-electron chi connectivity index (χ4n) is 1.62. The number of phenols is 1. The molecule has 1 aromatic heterocycles. The molecule has 1 heterocycles. The number of ether oxygens (including phenoxy) is 1. The molecular weight excluding hydrogens is 258 g/mol. The van der Waals surface area contributed by atoms with E-state index in [0.717, 1.165) is 12.0 Å². The van der Waals surface area contributed by atoms with Crippen LogP contribution in [0.25, 0.3) is 0 Å². The predicted octanol–water partition coefficient (Wildman–Crippen LogP) is 1.28. The highest BCUT2D eigenvalue weighted by Gasteiger charge is 2.05. The normalized spacial score (nSPS) is 10.1. The standard InChI is InChI=1S/C13H17N5O2/c1-14-11-16-12(18-13(17-11)20-2)15-8-7-9-3-5-10(19)6-4-9/h3-6,19H,7-8H2,1-2H3,(H2,14,15,16,17,18). The molecular formula is C13H17N5O2. The molecule has 0 aliphatic carbocycles. The van der Waals surface area contributed by atoms with Crippen molar-refractivity contribution in [3.63, 3.8) is 0 Å². The van der Waals surface area contributed by atoms with Crippen LogP contribution >= 0.6 is 0 Å². The van der Waals surface area contributed by atoms with Crippen molar-refractivity contribution in [2.75, 3.05) is 31.3 Å². The van der Waals surface area contributed by atoms with E-state index in [2.05, 4.69) is 25.6 Å². The van der Waals surface area contributed by atoms with Crippen LogP contribution in [0.3, 0.4) is 0 Å². The van der Waals surface area contributed by atoms with Crippen LogP contribution in [0.4, 0.5) is 11.9 Å². The Labute approximate surface area is 117 Å². The van der Waals surface area contributed by atoms with Gasteiger partial charge in [0.15, 0.2) is 0 Å². The lowest BCUT2D eigenvalue weighted by Gasteiger charge is -2.08. The van der Waals surface area contributed by atoms with Crippen LogP contribution in [-0.4, -0.2) is 40.8 Å². The van der Waals surface area contributed by atoms with Crippen LogP contribution in [0.2, 0.25) is 0 Å². The third-order valence-electron chi connectivity index (χ3n) is 2.65. The van der Waals surface area contributed by atoms with E-state index in [1.165, 1.54) is 7.11 Å². The number of anilines is 2. The Morgan fingerprint density at radius 2 is 1.80 bits per heavy atom. The highest BCUT2D eigenvalue weighted by Crippen LogP contribution is 2.12. The summed E-state index contributed by atoms with van der Waals surface area (Å²) < 4.78 is 5.01. The van der Waals surface area contributed by atoms with Crippen molar-refractivity contribution in [2.24, 2.45) is 0 Å². The third kappa shape index (κ3) is 3.71. The second-order valence-electron chi connectivity index (χ2n) is 4.06. The van der Waals surface area contributed by atoms with E-state index in [0.29, 0.717) is 18.4 Å². The molecule has 3 N–H and O–H groups in total. The van der Waals surface area contributed by atoms with E-state index in [9.17, 15) is 5.11 Å². The zero-order chi connectivity index (χ0) is 14.4. The van der Waals surface area contributed by atoms with Crippen LogP contribution in [0.15, 0.2) is 24.3 Å². The maximum Gasteiger partial charge on any atom is 0.322 e. The van der Waals surface area contributed by atoms with Crippen molar-refractivity contribution >= 4 is 11.9 Å².